The summed E-state index contributed by atoms with van der Waals surface area (Å²) in [6.07, 6.45) is 9.42. The summed E-state index contributed by atoms with van der Waals surface area (Å²) in [5, 5.41) is 15.9. The third kappa shape index (κ3) is 2.44. The van der Waals surface area contributed by atoms with Gasteiger partial charge in [-0.1, -0.05) is 12.7 Å². The topological polar surface area (TPSA) is 86.0 Å². The molecule has 24 heavy (non-hydrogen) atoms. The van der Waals surface area contributed by atoms with Crippen molar-refractivity contribution in [2.75, 3.05) is 0 Å². The highest BCUT2D eigenvalue weighted by Gasteiger charge is 2.07. The molecule has 0 aliphatic carbocycles. The van der Waals surface area contributed by atoms with Crippen LogP contribution in [0.2, 0.25) is 0 Å². The molecule has 6 heteroatoms. The van der Waals surface area contributed by atoms with Crippen LogP contribution < -0.4 is 10.6 Å². The number of hydrogen-bond donors (Lipinski definition) is 3. The molecule has 6 nitrogen and oxygen atoms in total. The fraction of sp³-hybridized carbons (Fsp3) is 0.0556. The molecule has 0 unspecified atom stereocenters. The third-order valence-electron chi connectivity index (χ3n) is 4.00. The van der Waals surface area contributed by atoms with E-state index >= 15 is 0 Å². The largest absolute Gasteiger partial charge is 0.352 e. The first-order valence-corrected chi connectivity index (χ1v) is 7.57. The van der Waals surface area contributed by atoms with Gasteiger partial charge in [0.15, 0.2) is 0 Å². The molecule has 4 aromatic rings. The number of rotatable bonds is 3. The number of pyridine rings is 1. The first-order valence-electron chi connectivity index (χ1n) is 7.57. The average molecular weight is 316 g/mol. The molecule has 0 saturated heterocycles. The summed E-state index contributed by atoms with van der Waals surface area (Å²) < 4.78 is 0. The Bertz CT molecular complexity index is 1100. The molecule has 0 fully saturated rings. The zero-order chi connectivity index (χ0) is 16.5. The Balaban J connectivity index is 1.74. The molecule has 0 spiro atoms. The van der Waals surface area contributed by atoms with Crippen LogP contribution in [0.25, 0.3) is 40.6 Å². The summed E-state index contributed by atoms with van der Waals surface area (Å²) in [5.41, 5.74) is 5.76. The Hall–Kier alpha value is -3.41. The molecule has 0 aromatic carbocycles. The maximum atomic E-state index is 4.40. The van der Waals surface area contributed by atoms with Gasteiger partial charge in [-0.05, 0) is 36.8 Å². The van der Waals surface area contributed by atoms with Gasteiger partial charge < -0.3 is 4.98 Å². The van der Waals surface area contributed by atoms with E-state index in [1.807, 2.05) is 43.5 Å². The summed E-state index contributed by atoms with van der Waals surface area (Å²) in [6, 6.07) is 5.88. The number of nitrogens with zero attached hydrogens (tertiary/aromatic N) is 3. The maximum absolute atomic E-state index is 4.40. The molecule has 0 bridgehead atoms. The minimum atomic E-state index is 0.800. The van der Waals surface area contributed by atoms with Gasteiger partial charge >= 0.3 is 0 Å². The lowest BCUT2D eigenvalue weighted by Crippen LogP contribution is -2.21. The first-order chi connectivity index (χ1) is 11.7. The molecule has 4 heterocycles. The number of aromatic amines is 3. The van der Waals surface area contributed by atoms with Gasteiger partial charge in [-0.2, -0.15) is 10.2 Å². The molecule has 0 aliphatic heterocycles. The Labute approximate surface area is 137 Å². The van der Waals surface area contributed by atoms with Crippen LogP contribution >= 0.6 is 0 Å². The van der Waals surface area contributed by atoms with Gasteiger partial charge in [0.2, 0.25) is 0 Å². The minimum absolute atomic E-state index is 0.800. The standard InChI is InChI=1S/C18H16N6/c1-11(13-9-20-21-10-13)5-6-14-12(2)18(24-23-14)17-8-16-15(22-17)4-3-7-19-16/h3-10,22-23H,2H2,1H3,(H,20,21)/b11-5+,14-6+. The lowest BCUT2D eigenvalue weighted by atomic mass is 10.1. The van der Waals surface area contributed by atoms with E-state index in [1.165, 1.54) is 0 Å². The average Bonchev–Trinajstić information content (AvgIpc) is 3.32. The smallest absolute Gasteiger partial charge is 0.116 e. The number of hydrogen-bond acceptors (Lipinski definition) is 3. The van der Waals surface area contributed by atoms with Gasteiger partial charge in [-0.15, -0.1) is 0 Å². The van der Waals surface area contributed by atoms with Crippen LogP contribution in [-0.4, -0.2) is 30.4 Å². The second kappa shape index (κ2) is 5.66. The Morgan fingerprint density at radius 1 is 1.33 bits per heavy atom. The number of H-pyrrole nitrogens is 3. The molecule has 4 rings (SSSR count). The molecule has 0 radical (unpaired) electrons. The molecule has 0 amide bonds. The van der Waals surface area contributed by atoms with E-state index in [1.54, 1.807) is 12.4 Å². The third-order valence-corrected chi connectivity index (χ3v) is 4.00. The number of allylic oxidation sites excluding steroid dienone is 2. The van der Waals surface area contributed by atoms with E-state index in [4.69, 9.17) is 0 Å². The summed E-state index contributed by atoms with van der Waals surface area (Å²) in [7, 11) is 0. The van der Waals surface area contributed by atoms with Crippen molar-refractivity contribution in [1.82, 2.24) is 30.4 Å². The van der Waals surface area contributed by atoms with Gasteiger partial charge in [0.05, 0.1) is 28.3 Å². The SMILES string of the molecule is C=c1c(-c2cc3ncccc3[nH]2)n[nH]/c1=C/C=C(\C)c1cn[nH]c1. The van der Waals surface area contributed by atoms with Crippen LogP contribution in [0, 0.1) is 0 Å². The summed E-state index contributed by atoms with van der Waals surface area (Å²) in [4.78, 5) is 7.66. The lowest BCUT2D eigenvalue weighted by Gasteiger charge is -1.91. The first kappa shape index (κ1) is 14.2. The van der Waals surface area contributed by atoms with Crippen molar-refractivity contribution < 1.29 is 0 Å². The monoisotopic (exact) mass is 316 g/mol. The predicted molar refractivity (Wildman–Crippen MR) is 95.2 cm³/mol. The molecule has 118 valence electrons. The fourth-order valence-corrected chi connectivity index (χ4v) is 2.59. The van der Waals surface area contributed by atoms with Crippen LogP contribution in [0.5, 0.6) is 0 Å². The van der Waals surface area contributed by atoms with E-state index in [9.17, 15) is 0 Å². The van der Waals surface area contributed by atoms with Crippen molar-refractivity contribution in [3.05, 3.63) is 59.0 Å². The van der Waals surface area contributed by atoms with Gasteiger partial charge in [0, 0.05) is 23.2 Å². The number of fused-ring (bicyclic) bond motifs is 1. The maximum Gasteiger partial charge on any atom is 0.116 e. The highest BCUT2D eigenvalue weighted by Crippen LogP contribution is 2.17. The van der Waals surface area contributed by atoms with Crippen LogP contribution in [0.3, 0.4) is 0 Å². The van der Waals surface area contributed by atoms with Crippen LogP contribution in [0.15, 0.2) is 42.9 Å². The predicted octanol–water partition coefficient (Wildman–Crippen LogP) is 1.97. The number of aromatic nitrogens is 6. The summed E-state index contributed by atoms with van der Waals surface area (Å²) >= 11 is 0. The van der Waals surface area contributed by atoms with Gasteiger partial charge in [-0.25, -0.2) is 0 Å². The molecule has 3 N–H and O–H groups in total. The molecule has 4 aromatic heterocycles. The Kier molecular flexibility index (Phi) is 3.35. The van der Waals surface area contributed by atoms with Crippen molar-refractivity contribution in [1.29, 1.82) is 0 Å². The van der Waals surface area contributed by atoms with E-state index < -0.39 is 0 Å². The Morgan fingerprint density at radius 3 is 3.04 bits per heavy atom. The zero-order valence-corrected chi connectivity index (χ0v) is 13.2. The minimum Gasteiger partial charge on any atom is -0.352 e. The molecule has 0 aliphatic rings. The van der Waals surface area contributed by atoms with Gasteiger partial charge in [0.25, 0.3) is 0 Å². The quantitative estimate of drug-likeness (QED) is 0.540. The molecule has 0 saturated carbocycles. The zero-order valence-electron chi connectivity index (χ0n) is 13.2. The van der Waals surface area contributed by atoms with Crippen molar-refractivity contribution >= 4 is 29.3 Å². The van der Waals surface area contributed by atoms with Gasteiger partial charge in [0.1, 0.15) is 5.69 Å². The Morgan fingerprint density at radius 2 is 2.25 bits per heavy atom. The van der Waals surface area contributed by atoms with E-state index in [-0.39, 0.29) is 0 Å². The van der Waals surface area contributed by atoms with Gasteiger partial charge in [-0.3, -0.25) is 15.2 Å². The van der Waals surface area contributed by atoms with Crippen LogP contribution in [0.1, 0.15) is 12.5 Å². The van der Waals surface area contributed by atoms with E-state index in [2.05, 4.69) is 36.9 Å². The van der Waals surface area contributed by atoms with Crippen molar-refractivity contribution in [2.45, 2.75) is 6.92 Å². The molecular weight excluding hydrogens is 300 g/mol. The van der Waals surface area contributed by atoms with Crippen molar-refractivity contribution in [3.8, 4) is 11.4 Å². The second-order valence-corrected chi connectivity index (χ2v) is 5.59. The normalized spacial score (nSPS) is 13.0. The molecule has 0 atom stereocenters. The lowest BCUT2D eigenvalue weighted by molar-refractivity contribution is 1.06. The van der Waals surface area contributed by atoms with Crippen molar-refractivity contribution in [3.63, 3.8) is 0 Å². The summed E-state index contributed by atoms with van der Waals surface area (Å²) in [6.45, 7) is 6.19. The fourth-order valence-electron chi connectivity index (χ4n) is 2.59. The van der Waals surface area contributed by atoms with Crippen molar-refractivity contribution in [2.24, 2.45) is 0 Å². The van der Waals surface area contributed by atoms with E-state index in [0.29, 0.717) is 0 Å². The highest BCUT2D eigenvalue weighted by atomic mass is 15.1. The van der Waals surface area contributed by atoms with E-state index in [0.717, 1.165) is 44.1 Å². The van der Waals surface area contributed by atoms with Crippen LogP contribution in [-0.2, 0) is 0 Å². The second-order valence-electron chi connectivity index (χ2n) is 5.59. The number of nitrogens with one attached hydrogen (secondary N) is 3. The highest BCUT2D eigenvalue weighted by molar-refractivity contribution is 5.81. The summed E-state index contributed by atoms with van der Waals surface area (Å²) in [5.74, 6) is 0. The van der Waals surface area contributed by atoms with Crippen LogP contribution in [0.4, 0.5) is 0 Å². The molecular formula is C18H16N6.